The van der Waals surface area contributed by atoms with E-state index in [4.69, 9.17) is 10.5 Å². The van der Waals surface area contributed by atoms with Crippen molar-refractivity contribution < 1.29 is 13.2 Å². The molecule has 0 spiro atoms. The normalized spacial score (nSPS) is 15.9. The van der Waals surface area contributed by atoms with Gasteiger partial charge in [0.05, 0.1) is 33.9 Å². The van der Waals surface area contributed by atoms with Gasteiger partial charge in [0.1, 0.15) is 0 Å². The van der Waals surface area contributed by atoms with Crippen LogP contribution in [0.2, 0.25) is 0 Å². The number of methoxy groups -OCH3 is 1. The van der Waals surface area contributed by atoms with Gasteiger partial charge >= 0.3 is 0 Å². The smallest absolute Gasteiger partial charge is 0.276 e. The number of hydrogen-bond acceptors (Lipinski definition) is 7. The molecule has 2 aromatic carbocycles. The highest BCUT2D eigenvalue weighted by Crippen LogP contribution is 2.33. The Morgan fingerprint density at radius 2 is 1.82 bits per heavy atom. The highest BCUT2D eigenvalue weighted by Gasteiger charge is 2.29. The van der Waals surface area contributed by atoms with Crippen LogP contribution < -0.4 is 11.3 Å². The molecule has 5 rings (SSSR count). The minimum absolute atomic E-state index is 0.156. The number of hydrogen-bond donors (Lipinski definition) is 3. The summed E-state index contributed by atoms with van der Waals surface area (Å²) in [7, 11) is -2.03. The van der Waals surface area contributed by atoms with E-state index in [1.807, 2.05) is 12.1 Å². The summed E-state index contributed by atoms with van der Waals surface area (Å²) in [6, 6.07) is 12.0. The van der Waals surface area contributed by atoms with Crippen LogP contribution in [0.25, 0.3) is 33.3 Å². The molecule has 0 unspecified atom stereocenters. The predicted octanol–water partition coefficient (Wildman–Crippen LogP) is 1.61. The lowest BCUT2D eigenvalue weighted by Gasteiger charge is -2.33. The molecular weight excluding hydrogens is 456 g/mol. The second-order valence-electron chi connectivity index (χ2n) is 8.29. The Balaban J connectivity index is 1.48. The van der Waals surface area contributed by atoms with Crippen molar-refractivity contribution in [2.24, 2.45) is 0 Å². The topological polar surface area (TPSA) is 137 Å². The number of fused-ring (bicyclic) bond motifs is 2. The van der Waals surface area contributed by atoms with Crippen LogP contribution >= 0.6 is 0 Å². The molecule has 3 heterocycles. The minimum Gasteiger partial charge on any atom is -0.396 e. The molecule has 4 N–H and O–H groups in total. The number of nitrogens with two attached hydrogens (primary N) is 1. The van der Waals surface area contributed by atoms with Gasteiger partial charge in [-0.05, 0) is 30.3 Å². The van der Waals surface area contributed by atoms with Gasteiger partial charge in [-0.3, -0.25) is 9.69 Å². The third kappa shape index (κ3) is 3.96. The zero-order valence-electron chi connectivity index (χ0n) is 18.7. The van der Waals surface area contributed by atoms with Gasteiger partial charge < -0.3 is 20.4 Å². The molecule has 2 aromatic heterocycles. The van der Waals surface area contributed by atoms with E-state index in [2.05, 4.69) is 19.9 Å². The first kappa shape index (κ1) is 22.5. The third-order valence-electron chi connectivity index (χ3n) is 6.23. The van der Waals surface area contributed by atoms with Gasteiger partial charge in [-0.1, -0.05) is 12.1 Å². The standard InChI is InChI=1S/C23H26N6O4S/c1-33-13-12-28-8-10-29(11-9-28)34(31,32)15-6-7-17-16(14-15)20(24)21(25-17)22-23(30)27-19-5-3-2-4-18(19)26-22/h2-7,14,25H,8-13,24H2,1H3,(H,27,30). The number of nitrogen functional groups attached to an aromatic ring is 1. The average molecular weight is 483 g/mol. The fourth-order valence-corrected chi connectivity index (χ4v) is 5.75. The number of sulfonamides is 1. The Hall–Kier alpha value is -3.25. The Morgan fingerprint density at radius 1 is 1.06 bits per heavy atom. The minimum atomic E-state index is -3.68. The van der Waals surface area contributed by atoms with Crippen molar-refractivity contribution in [3.8, 4) is 11.4 Å². The van der Waals surface area contributed by atoms with Crippen LogP contribution in [-0.2, 0) is 14.8 Å². The van der Waals surface area contributed by atoms with E-state index in [-0.39, 0.29) is 21.8 Å². The van der Waals surface area contributed by atoms with Crippen LogP contribution in [0.3, 0.4) is 0 Å². The fraction of sp³-hybridized carbons (Fsp3) is 0.304. The number of benzene rings is 2. The summed E-state index contributed by atoms with van der Waals surface area (Å²) in [6.45, 7) is 3.52. The lowest BCUT2D eigenvalue weighted by molar-refractivity contribution is 0.123. The highest BCUT2D eigenvalue weighted by atomic mass is 32.2. The number of anilines is 1. The molecule has 1 saturated heterocycles. The van der Waals surface area contributed by atoms with Crippen molar-refractivity contribution in [1.29, 1.82) is 0 Å². The Labute approximate surface area is 196 Å². The second kappa shape index (κ2) is 8.84. The molecule has 1 aliphatic heterocycles. The summed E-state index contributed by atoms with van der Waals surface area (Å²) >= 11 is 0. The second-order valence-corrected chi connectivity index (χ2v) is 10.2. The highest BCUT2D eigenvalue weighted by molar-refractivity contribution is 7.89. The lowest BCUT2D eigenvalue weighted by Crippen LogP contribution is -2.49. The molecule has 0 saturated carbocycles. The maximum absolute atomic E-state index is 13.3. The molecule has 0 radical (unpaired) electrons. The number of aromatic nitrogens is 3. The SMILES string of the molecule is COCCN1CCN(S(=O)(=O)c2ccc3[nH]c(-c4nc5ccccc5[nH]c4=O)c(N)c3c2)CC1. The number of aromatic amines is 2. The van der Waals surface area contributed by atoms with Crippen LogP contribution in [0.15, 0.2) is 52.2 Å². The molecule has 4 aromatic rings. The number of H-pyrrole nitrogens is 2. The van der Waals surface area contributed by atoms with Gasteiger partial charge in [0.2, 0.25) is 10.0 Å². The van der Waals surface area contributed by atoms with Crippen molar-refractivity contribution in [2.75, 3.05) is 52.2 Å². The van der Waals surface area contributed by atoms with E-state index in [0.29, 0.717) is 60.4 Å². The van der Waals surface area contributed by atoms with Crippen LogP contribution in [0.5, 0.6) is 0 Å². The number of ether oxygens (including phenoxy) is 1. The van der Waals surface area contributed by atoms with Gasteiger partial charge in [-0.25, -0.2) is 13.4 Å². The van der Waals surface area contributed by atoms with Crippen LogP contribution in [0.4, 0.5) is 5.69 Å². The van der Waals surface area contributed by atoms with E-state index < -0.39 is 10.0 Å². The van der Waals surface area contributed by atoms with Crippen molar-refractivity contribution in [3.63, 3.8) is 0 Å². The van der Waals surface area contributed by atoms with Gasteiger partial charge in [-0.2, -0.15) is 4.31 Å². The number of piperazine rings is 1. The number of rotatable bonds is 6. The van der Waals surface area contributed by atoms with Crippen molar-refractivity contribution in [3.05, 3.63) is 52.8 Å². The molecule has 0 amide bonds. The molecule has 10 nitrogen and oxygen atoms in total. The van der Waals surface area contributed by atoms with Gasteiger partial charge in [-0.15, -0.1) is 0 Å². The van der Waals surface area contributed by atoms with E-state index in [0.717, 1.165) is 6.54 Å². The fourth-order valence-electron chi connectivity index (χ4n) is 4.30. The van der Waals surface area contributed by atoms with E-state index in [1.54, 1.807) is 37.4 Å². The summed E-state index contributed by atoms with van der Waals surface area (Å²) in [5.74, 6) is 0. The zero-order valence-corrected chi connectivity index (χ0v) is 19.6. The summed E-state index contributed by atoms with van der Waals surface area (Å²) in [6.07, 6.45) is 0. The first-order chi connectivity index (χ1) is 16.4. The molecule has 178 valence electrons. The largest absolute Gasteiger partial charge is 0.396 e. The van der Waals surface area contributed by atoms with Gasteiger partial charge in [0.25, 0.3) is 5.56 Å². The molecule has 1 fully saturated rings. The number of para-hydroxylation sites is 2. The molecule has 11 heteroatoms. The van der Waals surface area contributed by atoms with E-state index in [9.17, 15) is 13.2 Å². The maximum atomic E-state index is 13.3. The average Bonchev–Trinajstić information content (AvgIpc) is 3.18. The van der Waals surface area contributed by atoms with Crippen LogP contribution in [0, 0.1) is 0 Å². The molecule has 1 aliphatic rings. The maximum Gasteiger partial charge on any atom is 0.276 e. The first-order valence-electron chi connectivity index (χ1n) is 11.0. The van der Waals surface area contributed by atoms with Crippen LogP contribution in [-0.4, -0.2) is 79.0 Å². The van der Waals surface area contributed by atoms with Crippen LogP contribution in [0.1, 0.15) is 0 Å². The zero-order chi connectivity index (χ0) is 23.9. The summed E-state index contributed by atoms with van der Waals surface area (Å²) in [5.41, 5.74) is 8.70. The lowest BCUT2D eigenvalue weighted by atomic mass is 10.2. The Kier molecular flexibility index (Phi) is 5.86. The van der Waals surface area contributed by atoms with Gasteiger partial charge in [0.15, 0.2) is 5.69 Å². The molecule has 0 aliphatic carbocycles. The summed E-state index contributed by atoms with van der Waals surface area (Å²) in [5, 5.41) is 0.532. The molecule has 34 heavy (non-hydrogen) atoms. The molecule has 0 atom stereocenters. The van der Waals surface area contributed by atoms with Crippen molar-refractivity contribution in [1.82, 2.24) is 24.2 Å². The Bertz CT molecular complexity index is 1520. The van der Waals surface area contributed by atoms with Crippen molar-refractivity contribution in [2.45, 2.75) is 4.90 Å². The number of nitrogens with zero attached hydrogens (tertiary/aromatic N) is 3. The van der Waals surface area contributed by atoms with Crippen molar-refractivity contribution >= 4 is 37.6 Å². The number of nitrogens with one attached hydrogen (secondary N) is 2. The molecule has 0 bridgehead atoms. The quantitative estimate of drug-likeness (QED) is 0.380. The van der Waals surface area contributed by atoms with E-state index in [1.165, 1.54) is 4.31 Å². The Morgan fingerprint density at radius 3 is 2.59 bits per heavy atom. The first-order valence-corrected chi connectivity index (χ1v) is 12.4. The molecular formula is C23H26N6O4S. The summed E-state index contributed by atoms with van der Waals surface area (Å²) < 4.78 is 33.2. The van der Waals surface area contributed by atoms with E-state index >= 15 is 0 Å². The third-order valence-corrected chi connectivity index (χ3v) is 8.12. The van der Waals surface area contributed by atoms with Gasteiger partial charge in [0, 0.05) is 50.7 Å². The monoisotopic (exact) mass is 482 g/mol. The summed E-state index contributed by atoms with van der Waals surface area (Å²) in [4.78, 5) is 25.5. The predicted molar refractivity (Wildman–Crippen MR) is 131 cm³/mol.